The molecule has 2 aromatic carbocycles. The van der Waals surface area contributed by atoms with E-state index in [0.717, 1.165) is 58.2 Å². The van der Waals surface area contributed by atoms with Crippen molar-refractivity contribution >= 4 is 29.9 Å². The molecule has 3 rings (SSSR count). The van der Waals surface area contributed by atoms with Gasteiger partial charge in [-0.1, -0.05) is 60.7 Å². The van der Waals surface area contributed by atoms with Crippen LogP contribution in [0.3, 0.4) is 0 Å². The van der Waals surface area contributed by atoms with Crippen LogP contribution in [0.25, 0.3) is 0 Å². The summed E-state index contributed by atoms with van der Waals surface area (Å²) in [6.45, 7) is 5.25. The van der Waals surface area contributed by atoms with Gasteiger partial charge in [-0.2, -0.15) is 0 Å². The van der Waals surface area contributed by atoms with Crippen LogP contribution in [0.5, 0.6) is 0 Å². The van der Waals surface area contributed by atoms with Gasteiger partial charge >= 0.3 is 0 Å². The lowest BCUT2D eigenvalue weighted by Gasteiger charge is -2.35. The van der Waals surface area contributed by atoms with E-state index < -0.39 is 0 Å². The van der Waals surface area contributed by atoms with E-state index in [0.29, 0.717) is 6.04 Å². The van der Waals surface area contributed by atoms with Gasteiger partial charge < -0.3 is 15.4 Å². The lowest BCUT2D eigenvalue weighted by atomic mass is 10.0. The molecular formula is C23H33IN4O. The van der Waals surface area contributed by atoms with E-state index in [4.69, 9.17) is 4.74 Å². The van der Waals surface area contributed by atoms with Crippen LogP contribution in [0.4, 0.5) is 0 Å². The first-order valence-electron chi connectivity index (χ1n) is 10.2. The fraction of sp³-hybridized carbons (Fsp3) is 0.435. The molecule has 2 N–H and O–H groups in total. The van der Waals surface area contributed by atoms with E-state index in [1.54, 1.807) is 0 Å². The molecule has 29 heavy (non-hydrogen) atoms. The highest BCUT2D eigenvalue weighted by Gasteiger charge is 2.22. The number of aryl methyl sites for hydroxylation is 1. The van der Waals surface area contributed by atoms with Gasteiger partial charge in [0, 0.05) is 33.2 Å². The van der Waals surface area contributed by atoms with Crippen LogP contribution >= 0.6 is 24.0 Å². The highest BCUT2D eigenvalue weighted by Crippen LogP contribution is 2.20. The number of hydrogen-bond acceptors (Lipinski definition) is 3. The number of hydrogen-bond donors (Lipinski definition) is 2. The molecule has 0 amide bonds. The van der Waals surface area contributed by atoms with Crippen molar-refractivity contribution in [2.24, 2.45) is 4.99 Å². The van der Waals surface area contributed by atoms with Gasteiger partial charge in [0.15, 0.2) is 5.96 Å². The number of benzene rings is 2. The smallest absolute Gasteiger partial charge is 0.191 e. The second-order valence-electron chi connectivity index (χ2n) is 7.04. The molecule has 5 nitrogen and oxygen atoms in total. The molecule has 6 heteroatoms. The van der Waals surface area contributed by atoms with Crippen molar-refractivity contribution < 1.29 is 4.74 Å². The number of halogens is 1. The molecule has 0 radical (unpaired) electrons. The minimum atomic E-state index is 0. The van der Waals surface area contributed by atoms with Crippen molar-refractivity contribution in [1.29, 1.82) is 0 Å². The van der Waals surface area contributed by atoms with E-state index in [-0.39, 0.29) is 24.0 Å². The van der Waals surface area contributed by atoms with Crippen molar-refractivity contribution in [3.63, 3.8) is 0 Å². The third-order valence-electron chi connectivity index (χ3n) is 5.13. The number of rotatable bonds is 8. The summed E-state index contributed by atoms with van der Waals surface area (Å²) in [5.41, 5.74) is 2.71. The lowest BCUT2D eigenvalue weighted by Crippen LogP contribution is -2.46. The number of ether oxygens (including phenoxy) is 1. The largest absolute Gasteiger partial charge is 0.379 e. The number of nitrogens with zero attached hydrogens (tertiary/aromatic N) is 2. The van der Waals surface area contributed by atoms with Gasteiger partial charge in [0.25, 0.3) is 0 Å². The highest BCUT2D eigenvalue weighted by molar-refractivity contribution is 14.0. The van der Waals surface area contributed by atoms with Gasteiger partial charge in [0.1, 0.15) is 0 Å². The number of nitrogens with one attached hydrogen (secondary N) is 2. The molecule has 0 spiro atoms. The Bertz CT molecular complexity index is 705. The first kappa shape index (κ1) is 23.6. The van der Waals surface area contributed by atoms with E-state index in [1.807, 2.05) is 7.05 Å². The molecule has 1 atom stereocenters. The Labute approximate surface area is 192 Å². The summed E-state index contributed by atoms with van der Waals surface area (Å²) in [4.78, 5) is 6.89. The minimum absolute atomic E-state index is 0. The Balaban J connectivity index is 0.00000300. The summed E-state index contributed by atoms with van der Waals surface area (Å²) >= 11 is 0. The third-order valence-corrected chi connectivity index (χ3v) is 5.13. The van der Waals surface area contributed by atoms with Crippen LogP contribution in [-0.4, -0.2) is 57.3 Å². The Morgan fingerprint density at radius 1 is 1.00 bits per heavy atom. The zero-order chi connectivity index (χ0) is 19.4. The molecule has 1 fully saturated rings. The van der Waals surface area contributed by atoms with E-state index in [2.05, 4.69) is 81.2 Å². The van der Waals surface area contributed by atoms with Gasteiger partial charge in [-0.15, -0.1) is 24.0 Å². The summed E-state index contributed by atoms with van der Waals surface area (Å²) in [7, 11) is 1.83. The predicted molar refractivity (Wildman–Crippen MR) is 131 cm³/mol. The Hall–Kier alpha value is -1.64. The van der Waals surface area contributed by atoms with Crippen LogP contribution < -0.4 is 10.6 Å². The standard InChI is InChI=1S/C23H32N4O.HI/c1-24-23(25-14-8-11-20-9-4-2-5-10-20)26-19-22(21-12-6-3-7-13-21)27-15-17-28-18-16-27;/h2-7,9-10,12-13,22H,8,11,14-19H2,1H3,(H2,24,25,26);1H. The zero-order valence-corrected chi connectivity index (χ0v) is 19.5. The Morgan fingerprint density at radius 3 is 2.31 bits per heavy atom. The van der Waals surface area contributed by atoms with Gasteiger partial charge in [0.2, 0.25) is 0 Å². The van der Waals surface area contributed by atoms with Crippen molar-refractivity contribution in [2.45, 2.75) is 18.9 Å². The maximum Gasteiger partial charge on any atom is 0.191 e. The fourth-order valence-electron chi connectivity index (χ4n) is 3.58. The molecule has 0 aliphatic carbocycles. The zero-order valence-electron chi connectivity index (χ0n) is 17.2. The average molecular weight is 508 g/mol. The molecule has 0 bridgehead atoms. The molecule has 1 aliphatic heterocycles. The Kier molecular flexibility index (Phi) is 11.1. The highest BCUT2D eigenvalue weighted by atomic mass is 127. The summed E-state index contributed by atoms with van der Waals surface area (Å²) in [6.07, 6.45) is 2.15. The van der Waals surface area contributed by atoms with Gasteiger partial charge in [-0.25, -0.2) is 0 Å². The molecule has 158 valence electrons. The first-order chi connectivity index (χ1) is 13.9. The van der Waals surface area contributed by atoms with Crippen LogP contribution in [0.2, 0.25) is 0 Å². The molecule has 1 aliphatic rings. The normalized spacial score (nSPS) is 16.0. The van der Waals surface area contributed by atoms with E-state index >= 15 is 0 Å². The van der Waals surface area contributed by atoms with Gasteiger partial charge in [-0.3, -0.25) is 9.89 Å². The number of aliphatic imine (C=N–C) groups is 1. The molecule has 0 saturated carbocycles. The van der Waals surface area contributed by atoms with Crippen molar-refractivity contribution in [1.82, 2.24) is 15.5 Å². The average Bonchev–Trinajstić information content (AvgIpc) is 2.77. The van der Waals surface area contributed by atoms with Gasteiger partial charge in [-0.05, 0) is 24.0 Å². The fourth-order valence-corrected chi connectivity index (χ4v) is 3.58. The third kappa shape index (κ3) is 7.95. The summed E-state index contributed by atoms with van der Waals surface area (Å²) in [6, 6.07) is 21.6. The topological polar surface area (TPSA) is 48.9 Å². The number of guanidine groups is 1. The second-order valence-corrected chi connectivity index (χ2v) is 7.04. The summed E-state index contributed by atoms with van der Waals surface area (Å²) in [5.74, 6) is 0.863. The quantitative estimate of drug-likeness (QED) is 0.248. The van der Waals surface area contributed by atoms with Crippen molar-refractivity contribution in [3.8, 4) is 0 Å². The molecule has 1 heterocycles. The minimum Gasteiger partial charge on any atom is -0.379 e. The van der Waals surface area contributed by atoms with Crippen LogP contribution in [0.1, 0.15) is 23.6 Å². The Morgan fingerprint density at radius 2 is 1.66 bits per heavy atom. The first-order valence-corrected chi connectivity index (χ1v) is 10.2. The molecule has 1 unspecified atom stereocenters. The predicted octanol–water partition coefficient (Wildman–Crippen LogP) is 3.48. The monoisotopic (exact) mass is 508 g/mol. The molecule has 2 aromatic rings. The van der Waals surface area contributed by atoms with Crippen molar-refractivity contribution in [2.75, 3.05) is 46.4 Å². The number of morpholine rings is 1. The van der Waals surface area contributed by atoms with Gasteiger partial charge in [0.05, 0.1) is 19.3 Å². The molecular weight excluding hydrogens is 475 g/mol. The SMILES string of the molecule is CN=C(NCCCc1ccccc1)NCC(c1ccccc1)N1CCOCC1.I. The molecule has 1 saturated heterocycles. The lowest BCUT2D eigenvalue weighted by molar-refractivity contribution is 0.0170. The van der Waals surface area contributed by atoms with E-state index in [9.17, 15) is 0 Å². The van der Waals surface area contributed by atoms with Crippen LogP contribution in [0, 0.1) is 0 Å². The molecule has 0 aromatic heterocycles. The maximum atomic E-state index is 5.54. The van der Waals surface area contributed by atoms with Crippen molar-refractivity contribution in [3.05, 3.63) is 71.8 Å². The maximum absolute atomic E-state index is 5.54. The summed E-state index contributed by atoms with van der Waals surface area (Å²) < 4.78 is 5.54. The summed E-state index contributed by atoms with van der Waals surface area (Å²) in [5, 5.41) is 6.97. The van der Waals surface area contributed by atoms with Crippen LogP contribution in [-0.2, 0) is 11.2 Å². The van der Waals surface area contributed by atoms with Crippen LogP contribution in [0.15, 0.2) is 65.7 Å². The second kappa shape index (κ2) is 13.6. The van der Waals surface area contributed by atoms with E-state index in [1.165, 1.54) is 11.1 Å².